The fourth-order valence-corrected chi connectivity index (χ4v) is 3.36. The molecular weight excluding hydrogens is 318 g/mol. The van der Waals surface area contributed by atoms with E-state index < -0.39 is 0 Å². The molecule has 25 heavy (non-hydrogen) atoms. The normalized spacial score (nSPS) is 18.4. The van der Waals surface area contributed by atoms with Gasteiger partial charge in [-0.15, -0.1) is 0 Å². The second-order valence-electron chi connectivity index (χ2n) is 6.33. The van der Waals surface area contributed by atoms with Crippen LogP contribution in [0.3, 0.4) is 0 Å². The third-order valence-electron chi connectivity index (χ3n) is 4.67. The van der Waals surface area contributed by atoms with Crippen molar-refractivity contribution in [1.29, 1.82) is 0 Å². The Kier molecular flexibility index (Phi) is 4.32. The molecule has 1 amide bonds. The predicted molar refractivity (Wildman–Crippen MR) is 93.3 cm³/mol. The first kappa shape index (κ1) is 16.0. The molecule has 0 aliphatic carbocycles. The largest absolute Gasteiger partial charge is 0.486 e. The van der Waals surface area contributed by atoms with Gasteiger partial charge in [-0.05, 0) is 42.2 Å². The number of hydrogen-bond acceptors (Lipinski definition) is 4. The van der Waals surface area contributed by atoms with Crippen molar-refractivity contribution in [3.05, 3.63) is 58.7 Å². The third kappa shape index (κ3) is 3.20. The van der Waals surface area contributed by atoms with Crippen LogP contribution >= 0.6 is 0 Å². The zero-order valence-electron chi connectivity index (χ0n) is 14.2. The highest BCUT2D eigenvalue weighted by molar-refractivity contribution is 5.96. The number of rotatable bonds is 3. The molecule has 0 unspecified atom stereocenters. The van der Waals surface area contributed by atoms with Crippen molar-refractivity contribution in [2.24, 2.45) is 0 Å². The summed E-state index contributed by atoms with van der Waals surface area (Å²) in [6, 6.07) is 11.9. The number of ether oxygens (including phenoxy) is 3. The lowest BCUT2D eigenvalue weighted by molar-refractivity contribution is 0.0411. The first-order valence-corrected chi connectivity index (χ1v) is 8.60. The van der Waals surface area contributed by atoms with Crippen LogP contribution in [0.5, 0.6) is 11.5 Å². The molecule has 0 saturated carbocycles. The highest BCUT2D eigenvalue weighted by Crippen LogP contribution is 2.33. The molecule has 0 radical (unpaired) electrons. The second kappa shape index (κ2) is 6.76. The van der Waals surface area contributed by atoms with E-state index in [1.807, 2.05) is 25.1 Å². The van der Waals surface area contributed by atoms with Crippen LogP contribution in [0.2, 0.25) is 0 Å². The summed E-state index contributed by atoms with van der Waals surface area (Å²) in [5.41, 5.74) is 3.93. The van der Waals surface area contributed by atoms with Crippen molar-refractivity contribution in [2.45, 2.75) is 19.4 Å². The van der Waals surface area contributed by atoms with Crippen molar-refractivity contribution in [2.75, 3.05) is 26.4 Å². The van der Waals surface area contributed by atoms with Crippen LogP contribution in [0, 0.1) is 6.92 Å². The first-order valence-electron chi connectivity index (χ1n) is 8.60. The molecule has 2 heterocycles. The molecule has 0 bridgehead atoms. The van der Waals surface area contributed by atoms with Crippen LogP contribution in [-0.2, 0) is 11.2 Å². The molecule has 2 aliphatic rings. The van der Waals surface area contributed by atoms with E-state index in [4.69, 9.17) is 14.2 Å². The van der Waals surface area contributed by atoms with E-state index in [0.29, 0.717) is 43.4 Å². The molecule has 5 nitrogen and oxygen atoms in total. The van der Waals surface area contributed by atoms with Gasteiger partial charge in [0, 0.05) is 12.1 Å². The van der Waals surface area contributed by atoms with Gasteiger partial charge in [0.1, 0.15) is 19.3 Å². The maximum absolute atomic E-state index is 12.6. The summed E-state index contributed by atoms with van der Waals surface area (Å²) < 4.78 is 17.0. The van der Waals surface area contributed by atoms with Gasteiger partial charge in [-0.3, -0.25) is 4.79 Å². The smallest absolute Gasteiger partial charge is 0.251 e. The van der Waals surface area contributed by atoms with Crippen LogP contribution in [-0.4, -0.2) is 32.3 Å². The van der Waals surface area contributed by atoms with E-state index in [1.165, 1.54) is 5.56 Å². The Balaban J connectivity index is 1.48. The highest BCUT2D eigenvalue weighted by atomic mass is 16.6. The summed E-state index contributed by atoms with van der Waals surface area (Å²) in [6.45, 7) is 4.07. The van der Waals surface area contributed by atoms with Gasteiger partial charge in [0.15, 0.2) is 11.5 Å². The van der Waals surface area contributed by atoms with Gasteiger partial charge in [-0.1, -0.05) is 24.3 Å². The Morgan fingerprint density at radius 3 is 2.72 bits per heavy atom. The van der Waals surface area contributed by atoms with E-state index in [9.17, 15) is 4.79 Å². The summed E-state index contributed by atoms with van der Waals surface area (Å²) >= 11 is 0. The molecule has 0 saturated heterocycles. The van der Waals surface area contributed by atoms with Gasteiger partial charge < -0.3 is 19.5 Å². The number of carbonyl (C=O) groups excluding carboxylic acids is 1. The molecule has 0 fully saturated rings. The van der Waals surface area contributed by atoms with E-state index >= 15 is 0 Å². The van der Waals surface area contributed by atoms with Crippen molar-refractivity contribution in [1.82, 2.24) is 5.32 Å². The molecule has 2 aromatic carbocycles. The van der Waals surface area contributed by atoms with Crippen LogP contribution in [0.1, 0.15) is 33.2 Å². The number of fused-ring (bicyclic) bond motifs is 2. The van der Waals surface area contributed by atoms with Gasteiger partial charge in [0.05, 0.1) is 6.61 Å². The number of nitrogens with one attached hydrogen (secondary N) is 1. The van der Waals surface area contributed by atoms with Crippen molar-refractivity contribution in [3.63, 3.8) is 0 Å². The van der Waals surface area contributed by atoms with E-state index in [0.717, 1.165) is 17.5 Å². The topological polar surface area (TPSA) is 56.8 Å². The Morgan fingerprint density at radius 1 is 1.12 bits per heavy atom. The maximum Gasteiger partial charge on any atom is 0.251 e. The maximum atomic E-state index is 12.6. The quantitative estimate of drug-likeness (QED) is 0.934. The highest BCUT2D eigenvalue weighted by Gasteiger charge is 2.22. The van der Waals surface area contributed by atoms with Crippen molar-refractivity contribution < 1.29 is 19.0 Å². The fourth-order valence-electron chi connectivity index (χ4n) is 3.36. The molecule has 5 heteroatoms. The number of amides is 1. The van der Waals surface area contributed by atoms with Gasteiger partial charge in [0.2, 0.25) is 0 Å². The Bertz CT molecular complexity index is 802. The minimum atomic E-state index is -0.124. The van der Waals surface area contributed by atoms with Crippen LogP contribution in [0.15, 0.2) is 36.4 Å². The van der Waals surface area contributed by atoms with Gasteiger partial charge in [-0.2, -0.15) is 0 Å². The van der Waals surface area contributed by atoms with Crippen LogP contribution in [0.4, 0.5) is 0 Å². The monoisotopic (exact) mass is 339 g/mol. The predicted octanol–water partition coefficient (Wildman–Crippen LogP) is 2.81. The molecule has 1 atom stereocenters. The van der Waals surface area contributed by atoms with E-state index in [2.05, 4.69) is 17.4 Å². The Morgan fingerprint density at radius 2 is 1.88 bits per heavy atom. The second-order valence-corrected chi connectivity index (χ2v) is 6.33. The Labute approximate surface area is 146 Å². The minimum Gasteiger partial charge on any atom is -0.486 e. The van der Waals surface area contributed by atoms with Crippen LogP contribution in [0.25, 0.3) is 0 Å². The molecule has 1 N–H and O–H groups in total. The number of benzene rings is 2. The number of hydrogen-bond donors (Lipinski definition) is 1. The van der Waals surface area contributed by atoms with E-state index in [1.54, 1.807) is 6.07 Å². The molecule has 4 rings (SSSR count). The zero-order valence-corrected chi connectivity index (χ0v) is 14.2. The van der Waals surface area contributed by atoms with Gasteiger partial charge in [0.25, 0.3) is 5.91 Å². The van der Waals surface area contributed by atoms with Gasteiger partial charge >= 0.3 is 0 Å². The molecule has 0 spiro atoms. The SMILES string of the molecule is Cc1cc2c(cc1C(=O)NC[C@H]1OCCc3ccccc31)OCCO2. The molecule has 0 aromatic heterocycles. The number of aryl methyl sites for hydroxylation is 1. The lowest BCUT2D eigenvalue weighted by Crippen LogP contribution is -2.32. The molecule has 130 valence electrons. The van der Waals surface area contributed by atoms with Crippen molar-refractivity contribution >= 4 is 5.91 Å². The number of carbonyl (C=O) groups is 1. The zero-order chi connectivity index (χ0) is 17.2. The van der Waals surface area contributed by atoms with Gasteiger partial charge in [-0.25, -0.2) is 0 Å². The average molecular weight is 339 g/mol. The fraction of sp³-hybridized carbons (Fsp3) is 0.350. The lowest BCUT2D eigenvalue weighted by atomic mass is 9.97. The van der Waals surface area contributed by atoms with Crippen molar-refractivity contribution in [3.8, 4) is 11.5 Å². The summed E-state index contributed by atoms with van der Waals surface area (Å²) in [6.07, 6.45) is 0.813. The van der Waals surface area contributed by atoms with Crippen LogP contribution < -0.4 is 14.8 Å². The summed E-state index contributed by atoms with van der Waals surface area (Å²) in [5.74, 6) is 1.20. The average Bonchev–Trinajstić information content (AvgIpc) is 2.65. The first-order chi connectivity index (χ1) is 12.2. The summed E-state index contributed by atoms with van der Waals surface area (Å²) in [7, 11) is 0. The Hall–Kier alpha value is -2.53. The molecule has 2 aromatic rings. The summed E-state index contributed by atoms with van der Waals surface area (Å²) in [5, 5.41) is 3.00. The third-order valence-corrected chi connectivity index (χ3v) is 4.67. The molecular formula is C20H21NO4. The lowest BCUT2D eigenvalue weighted by Gasteiger charge is -2.26. The molecule has 2 aliphatic heterocycles. The summed E-state index contributed by atoms with van der Waals surface area (Å²) in [4.78, 5) is 12.6. The standard InChI is InChI=1S/C20H21NO4/c1-13-10-17-18(25-9-8-24-17)11-16(13)20(22)21-12-19-15-5-3-2-4-14(15)6-7-23-19/h2-5,10-11,19H,6-9,12H2,1H3,(H,21,22)/t19-/m1/s1. The minimum absolute atomic E-state index is 0.105. The van der Waals surface area contributed by atoms with E-state index in [-0.39, 0.29) is 12.0 Å².